The number of aromatic nitrogens is 1. The van der Waals surface area contributed by atoms with Gasteiger partial charge in [0.2, 0.25) is 0 Å². The lowest BCUT2D eigenvalue weighted by atomic mass is 10.1. The maximum absolute atomic E-state index is 6.05. The van der Waals surface area contributed by atoms with Crippen molar-refractivity contribution in [3.8, 4) is 0 Å². The van der Waals surface area contributed by atoms with Crippen LogP contribution in [0.5, 0.6) is 0 Å². The molecule has 0 bridgehead atoms. The van der Waals surface area contributed by atoms with Crippen LogP contribution >= 0.6 is 23.8 Å². The molecule has 0 aliphatic carbocycles. The Morgan fingerprint density at radius 1 is 1.27 bits per heavy atom. The molecule has 4 nitrogen and oxygen atoms in total. The topological polar surface area (TPSA) is 53.0 Å². The Hall–Kier alpha value is -1.98. The van der Waals surface area contributed by atoms with Crippen LogP contribution < -0.4 is 10.6 Å². The number of rotatable bonds is 5. The van der Waals surface area contributed by atoms with E-state index in [1.165, 1.54) is 5.56 Å². The zero-order chi connectivity index (χ0) is 15.4. The average molecular weight is 334 g/mol. The Labute approximate surface area is 138 Å². The molecule has 0 aliphatic rings. The average Bonchev–Trinajstić information content (AvgIpc) is 3.15. The summed E-state index contributed by atoms with van der Waals surface area (Å²) in [5.41, 5.74) is 2.32. The van der Waals surface area contributed by atoms with Gasteiger partial charge >= 0.3 is 0 Å². The van der Waals surface area contributed by atoms with Crippen molar-refractivity contribution in [1.29, 1.82) is 0 Å². The molecule has 2 heterocycles. The summed E-state index contributed by atoms with van der Waals surface area (Å²) in [6.07, 6.45) is 4.53. The van der Waals surface area contributed by atoms with Crippen molar-refractivity contribution in [3.05, 3.63) is 59.1 Å². The minimum atomic E-state index is 0.585. The van der Waals surface area contributed by atoms with Crippen LogP contribution in [-0.2, 0) is 13.0 Å². The molecular weight excluding hydrogens is 318 g/mol. The molecule has 0 spiro atoms. The lowest BCUT2D eigenvalue weighted by Gasteiger charge is -2.09. The van der Waals surface area contributed by atoms with Crippen molar-refractivity contribution in [2.24, 2.45) is 0 Å². The number of aromatic amines is 1. The third-order valence-electron chi connectivity index (χ3n) is 3.41. The third-order valence-corrected chi connectivity index (χ3v) is 3.94. The molecule has 1 aromatic carbocycles. The molecule has 3 aromatic rings. The van der Waals surface area contributed by atoms with E-state index >= 15 is 0 Å². The number of furan rings is 1. The fraction of sp³-hybridized carbons (Fsp3) is 0.188. The van der Waals surface area contributed by atoms with Gasteiger partial charge < -0.3 is 20.0 Å². The molecule has 0 saturated heterocycles. The van der Waals surface area contributed by atoms with Crippen LogP contribution in [0.1, 0.15) is 11.3 Å². The van der Waals surface area contributed by atoms with E-state index in [9.17, 15) is 0 Å². The Bertz CT molecular complexity index is 767. The number of nitrogens with one attached hydrogen (secondary N) is 3. The molecule has 3 rings (SSSR count). The number of fused-ring (bicyclic) bond motifs is 1. The van der Waals surface area contributed by atoms with Crippen molar-refractivity contribution in [3.63, 3.8) is 0 Å². The van der Waals surface area contributed by atoms with Gasteiger partial charge in [0.15, 0.2) is 5.11 Å². The molecule has 3 N–H and O–H groups in total. The molecule has 0 fully saturated rings. The fourth-order valence-corrected chi connectivity index (χ4v) is 2.66. The highest BCUT2D eigenvalue weighted by Crippen LogP contribution is 2.22. The second-order valence-corrected chi connectivity index (χ2v) is 5.79. The van der Waals surface area contributed by atoms with Crippen LogP contribution in [0, 0.1) is 0 Å². The van der Waals surface area contributed by atoms with Crippen molar-refractivity contribution >= 4 is 39.8 Å². The first-order valence-electron chi connectivity index (χ1n) is 7.02. The molecule has 2 aromatic heterocycles. The lowest BCUT2D eigenvalue weighted by molar-refractivity contribution is 0.502. The predicted molar refractivity (Wildman–Crippen MR) is 93.2 cm³/mol. The Balaban J connectivity index is 1.49. The molecule has 114 valence electrons. The second-order valence-electron chi connectivity index (χ2n) is 4.94. The van der Waals surface area contributed by atoms with Crippen LogP contribution in [0.3, 0.4) is 0 Å². The van der Waals surface area contributed by atoms with E-state index in [0.29, 0.717) is 11.7 Å². The van der Waals surface area contributed by atoms with Crippen LogP contribution in [-0.4, -0.2) is 16.6 Å². The van der Waals surface area contributed by atoms with Crippen molar-refractivity contribution < 1.29 is 4.42 Å². The zero-order valence-electron chi connectivity index (χ0n) is 11.9. The molecule has 0 amide bonds. The second kappa shape index (κ2) is 6.85. The van der Waals surface area contributed by atoms with Gasteiger partial charge in [-0.25, -0.2) is 0 Å². The highest BCUT2D eigenvalue weighted by atomic mass is 35.5. The summed E-state index contributed by atoms with van der Waals surface area (Å²) in [4.78, 5) is 3.25. The summed E-state index contributed by atoms with van der Waals surface area (Å²) < 4.78 is 5.24. The first-order chi connectivity index (χ1) is 10.7. The largest absolute Gasteiger partial charge is 0.467 e. The number of hydrogen-bond donors (Lipinski definition) is 3. The monoisotopic (exact) mass is 333 g/mol. The summed E-state index contributed by atoms with van der Waals surface area (Å²) in [6, 6.07) is 9.62. The number of H-pyrrole nitrogens is 1. The first-order valence-corrected chi connectivity index (χ1v) is 7.80. The zero-order valence-corrected chi connectivity index (χ0v) is 13.4. The summed E-state index contributed by atoms with van der Waals surface area (Å²) in [5.74, 6) is 0.857. The predicted octanol–water partition coefficient (Wildman–Crippen LogP) is 3.62. The molecule has 0 saturated carbocycles. The quantitative estimate of drug-likeness (QED) is 0.624. The standard InChI is InChI=1S/C16H16ClN3OS/c17-12-3-4-15-14(8-12)11(9-19-15)5-6-18-16(22)20-10-13-2-1-7-21-13/h1-4,7-9,19H,5-6,10H2,(H2,18,20,22). The maximum atomic E-state index is 6.05. The van der Waals surface area contributed by atoms with Gasteiger partial charge in [-0.2, -0.15) is 0 Å². The summed E-state index contributed by atoms with van der Waals surface area (Å²) >= 11 is 11.3. The van der Waals surface area contributed by atoms with Crippen molar-refractivity contribution in [1.82, 2.24) is 15.6 Å². The smallest absolute Gasteiger partial charge is 0.166 e. The van der Waals surface area contributed by atoms with E-state index in [2.05, 4.69) is 15.6 Å². The van der Waals surface area contributed by atoms with Crippen molar-refractivity contribution in [2.75, 3.05) is 6.54 Å². The highest BCUT2D eigenvalue weighted by molar-refractivity contribution is 7.80. The number of benzene rings is 1. The fourth-order valence-electron chi connectivity index (χ4n) is 2.31. The summed E-state index contributed by atoms with van der Waals surface area (Å²) in [7, 11) is 0. The Kier molecular flexibility index (Phi) is 4.65. The van der Waals surface area contributed by atoms with Crippen LogP contribution in [0.25, 0.3) is 10.9 Å². The van der Waals surface area contributed by atoms with Crippen LogP contribution in [0.4, 0.5) is 0 Å². The van der Waals surface area contributed by atoms with E-state index in [1.54, 1.807) is 6.26 Å². The third kappa shape index (κ3) is 3.61. The Morgan fingerprint density at radius 3 is 3.00 bits per heavy atom. The molecular formula is C16H16ClN3OS. The summed E-state index contributed by atoms with van der Waals surface area (Å²) in [5, 5.41) is 8.83. The Morgan fingerprint density at radius 2 is 2.18 bits per heavy atom. The van der Waals surface area contributed by atoms with E-state index in [0.717, 1.165) is 34.7 Å². The molecule has 6 heteroatoms. The van der Waals surface area contributed by atoms with E-state index in [4.69, 9.17) is 28.2 Å². The lowest BCUT2D eigenvalue weighted by Crippen LogP contribution is -2.35. The van der Waals surface area contributed by atoms with Gasteiger partial charge in [0.25, 0.3) is 0 Å². The number of thiocarbonyl (C=S) groups is 1. The minimum Gasteiger partial charge on any atom is -0.467 e. The molecule has 0 radical (unpaired) electrons. The van der Waals surface area contributed by atoms with Gasteiger partial charge in [-0.15, -0.1) is 0 Å². The molecule has 0 unspecified atom stereocenters. The molecule has 0 aliphatic heterocycles. The minimum absolute atomic E-state index is 0.585. The molecule has 0 atom stereocenters. The first kappa shape index (κ1) is 14.9. The highest BCUT2D eigenvalue weighted by Gasteiger charge is 2.05. The van der Waals surface area contributed by atoms with Gasteiger partial charge in [-0.3, -0.25) is 0 Å². The molecule has 22 heavy (non-hydrogen) atoms. The van der Waals surface area contributed by atoms with Crippen LogP contribution in [0.15, 0.2) is 47.2 Å². The van der Waals surface area contributed by atoms with Gasteiger partial charge in [0, 0.05) is 28.7 Å². The van der Waals surface area contributed by atoms with E-state index < -0.39 is 0 Å². The number of halogens is 1. The van der Waals surface area contributed by atoms with Gasteiger partial charge in [0.05, 0.1) is 12.8 Å². The van der Waals surface area contributed by atoms with Crippen LogP contribution in [0.2, 0.25) is 5.02 Å². The van der Waals surface area contributed by atoms with Gasteiger partial charge in [-0.1, -0.05) is 11.6 Å². The van der Waals surface area contributed by atoms with Crippen molar-refractivity contribution in [2.45, 2.75) is 13.0 Å². The van der Waals surface area contributed by atoms with Gasteiger partial charge in [-0.05, 0) is 54.5 Å². The van der Waals surface area contributed by atoms with E-state index in [-0.39, 0.29) is 0 Å². The van der Waals surface area contributed by atoms with E-state index in [1.807, 2.05) is 36.5 Å². The number of hydrogen-bond acceptors (Lipinski definition) is 2. The normalized spacial score (nSPS) is 10.8. The van der Waals surface area contributed by atoms with Gasteiger partial charge in [0.1, 0.15) is 5.76 Å². The maximum Gasteiger partial charge on any atom is 0.166 e. The SMILES string of the molecule is S=C(NCCc1c[nH]c2ccc(Cl)cc12)NCc1ccco1. The summed E-state index contributed by atoms with van der Waals surface area (Å²) in [6.45, 7) is 1.34.